The smallest absolute Gasteiger partial charge is 0.225 e. The fraction of sp³-hybridized carbons (Fsp3) is 0.412. The Labute approximate surface area is 138 Å². The number of rotatable bonds is 6. The van der Waals surface area contributed by atoms with Crippen LogP contribution in [-0.4, -0.2) is 41.3 Å². The van der Waals surface area contributed by atoms with Crippen molar-refractivity contribution < 1.29 is 23.6 Å². The van der Waals surface area contributed by atoms with E-state index in [2.05, 4.69) is 5.16 Å². The molecule has 0 saturated carbocycles. The lowest BCUT2D eigenvalue weighted by atomic mass is 9.95. The summed E-state index contributed by atoms with van der Waals surface area (Å²) in [7, 11) is 1.58. The Bertz CT molecular complexity index is 712. The molecule has 128 valence electrons. The molecule has 24 heavy (non-hydrogen) atoms. The van der Waals surface area contributed by atoms with Crippen molar-refractivity contribution in [2.45, 2.75) is 25.0 Å². The van der Waals surface area contributed by atoms with Crippen molar-refractivity contribution in [2.24, 2.45) is 0 Å². The summed E-state index contributed by atoms with van der Waals surface area (Å²) in [6.45, 7) is 1.43. The summed E-state index contributed by atoms with van der Waals surface area (Å²) >= 11 is 0. The van der Waals surface area contributed by atoms with Gasteiger partial charge in [0.1, 0.15) is 12.4 Å². The van der Waals surface area contributed by atoms with Crippen molar-refractivity contribution >= 4 is 5.91 Å². The summed E-state index contributed by atoms with van der Waals surface area (Å²) in [6.07, 6.45) is -1.07. The van der Waals surface area contributed by atoms with Crippen molar-refractivity contribution in [1.29, 1.82) is 0 Å². The number of amides is 1. The highest BCUT2D eigenvalue weighted by Gasteiger charge is 2.34. The topological polar surface area (TPSA) is 75.8 Å². The maximum absolute atomic E-state index is 13.2. The first-order chi connectivity index (χ1) is 11.6. The Balaban J connectivity index is 1.51. The van der Waals surface area contributed by atoms with Crippen LogP contribution >= 0.6 is 0 Å². The van der Waals surface area contributed by atoms with E-state index in [-0.39, 0.29) is 18.2 Å². The summed E-state index contributed by atoms with van der Waals surface area (Å²) in [6, 6.07) is 7.49. The van der Waals surface area contributed by atoms with E-state index in [1.54, 1.807) is 18.1 Å². The molecule has 3 rings (SSSR count). The molecule has 0 aliphatic carbocycles. The molecule has 0 bridgehead atoms. The molecule has 1 aromatic carbocycles. The number of ether oxygens (including phenoxy) is 1. The van der Waals surface area contributed by atoms with Crippen molar-refractivity contribution in [3.63, 3.8) is 0 Å². The summed E-state index contributed by atoms with van der Waals surface area (Å²) in [5.74, 6) is 0.193. The van der Waals surface area contributed by atoms with Crippen LogP contribution in [0, 0.1) is 5.82 Å². The molecule has 1 amide bonds. The third kappa shape index (κ3) is 3.63. The molecule has 0 spiro atoms. The molecule has 1 atom stereocenters. The predicted molar refractivity (Wildman–Crippen MR) is 82.5 cm³/mol. The lowest BCUT2D eigenvalue weighted by molar-refractivity contribution is -0.137. The Morgan fingerprint density at radius 3 is 3.00 bits per heavy atom. The number of methoxy groups -OCH3 is 1. The molecule has 1 aromatic heterocycles. The summed E-state index contributed by atoms with van der Waals surface area (Å²) in [4.78, 5) is 13.8. The number of hydrogen-bond donors (Lipinski definition) is 1. The Morgan fingerprint density at radius 1 is 1.50 bits per heavy atom. The van der Waals surface area contributed by atoms with E-state index < -0.39 is 11.9 Å². The van der Waals surface area contributed by atoms with E-state index in [1.807, 2.05) is 6.07 Å². The molecule has 1 N–H and O–H groups in total. The Morgan fingerprint density at radius 2 is 2.29 bits per heavy atom. The molecule has 1 saturated heterocycles. The number of nitrogens with zero attached hydrogens (tertiary/aromatic N) is 2. The van der Waals surface area contributed by atoms with Crippen LogP contribution in [0.1, 0.15) is 35.5 Å². The van der Waals surface area contributed by atoms with Crippen LogP contribution in [0.25, 0.3) is 0 Å². The highest BCUT2D eigenvalue weighted by atomic mass is 19.1. The van der Waals surface area contributed by atoms with Gasteiger partial charge in [0.05, 0.1) is 18.2 Å². The van der Waals surface area contributed by atoms with Gasteiger partial charge in [-0.1, -0.05) is 17.3 Å². The normalized spacial score (nSPS) is 16.0. The fourth-order valence-corrected chi connectivity index (χ4v) is 2.73. The molecule has 7 heteroatoms. The van der Waals surface area contributed by atoms with Crippen molar-refractivity contribution in [2.75, 3.05) is 20.2 Å². The van der Waals surface area contributed by atoms with Crippen LogP contribution < -0.4 is 0 Å². The number of hydrogen-bond acceptors (Lipinski definition) is 5. The molecular formula is C17H19FN2O4. The average molecular weight is 334 g/mol. The van der Waals surface area contributed by atoms with E-state index in [1.165, 1.54) is 18.2 Å². The van der Waals surface area contributed by atoms with Crippen LogP contribution in [0.3, 0.4) is 0 Å². The van der Waals surface area contributed by atoms with Gasteiger partial charge in [0, 0.05) is 32.2 Å². The van der Waals surface area contributed by atoms with Crippen molar-refractivity contribution in [1.82, 2.24) is 10.1 Å². The minimum atomic E-state index is -1.01. The zero-order valence-electron chi connectivity index (χ0n) is 13.3. The molecule has 1 fully saturated rings. The van der Waals surface area contributed by atoms with E-state index in [9.17, 15) is 14.3 Å². The molecule has 1 unspecified atom stereocenters. The number of halogens is 1. The highest BCUT2D eigenvalue weighted by Crippen LogP contribution is 2.29. The van der Waals surface area contributed by atoms with Crippen LogP contribution in [0.5, 0.6) is 0 Å². The number of carbonyl (C=O) groups excluding carboxylic acids is 1. The van der Waals surface area contributed by atoms with Gasteiger partial charge in [-0.3, -0.25) is 4.79 Å². The molecular weight excluding hydrogens is 315 g/mol. The molecule has 1 aliphatic rings. The van der Waals surface area contributed by atoms with Crippen molar-refractivity contribution in [3.05, 3.63) is 53.2 Å². The van der Waals surface area contributed by atoms with Crippen molar-refractivity contribution in [3.8, 4) is 0 Å². The summed E-state index contributed by atoms with van der Waals surface area (Å²) in [5.41, 5.74) is 1.21. The zero-order chi connectivity index (χ0) is 17.1. The second-order valence-electron chi connectivity index (χ2n) is 5.92. The van der Waals surface area contributed by atoms with Gasteiger partial charge in [-0.05, 0) is 17.7 Å². The maximum Gasteiger partial charge on any atom is 0.225 e. The number of aliphatic hydroxyl groups is 1. The minimum absolute atomic E-state index is 0.0656. The summed E-state index contributed by atoms with van der Waals surface area (Å²) in [5, 5.41) is 14.1. The molecule has 2 heterocycles. The molecule has 2 aromatic rings. The summed E-state index contributed by atoms with van der Waals surface area (Å²) < 4.78 is 23.3. The largest absolute Gasteiger partial charge is 0.388 e. The van der Waals surface area contributed by atoms with E-state index in [0.29, 0.717) is 31.0 Å². The lowest BCUT2D eigenvalue weighted by Crippen LogP contribution is -2.48. The van der Waals surface area contributed by atoms with E-state index in [4.69, 9.17) is 9.26 Å². The van der Waals surface area contributed by atoms with Crippen LogP contribution in [0.15, 0.2) is 34.9 Å². The van der Waals surface area contributed by atoms with Crippen LogP contribution in [0.4, 0.5) is 4.39 Å². The Hall–Kier alpha value is -2.25. The van der Waals surface area contributed by atoms with Gasteiger partial charge >= 0.3 is 0 Å². The fourth-order valence-electron chi connectivity index (χ4n) is 2.73. The molecule has 0 radical (unpaired) electrons. The third-order valence-corrected chi connectivity index (χ3v) is 4.12. The van der Waals surface area contributed by atoms with E-state index in [0.717, 1.165) is 5.69 Å². The van der Waals surface area contributed by atoms with Gasteiger partial charge in [0.2, 0.25) is 5.91 Å². The molecule has 1 aliphatic heterocycles. The predicted octanol–water partition coefficient (Wildman–Crippen LogP) is 2.01. The minimum Gasteiger partial charge on any atom is -0.388 e. The standard InChI is InChI=1S/C17H19FN2O4/c1-23-10-14-6-15(19-24-14)12-8-20(9-12)17(22)7-16(21)11-3-2-4-13(18)5-11/h2-6,12,16,21H,7-10H2,1H3. The first kappa shape index (κ1) is 16.6. The third-order valence-electron chi connectivity index (χ3n) is 4.12. The van der Waals surface area contributed by atoms with Gasteiger partial charge in [-0.25, -0.2) is 4.39 Å². The van der Waals surface area contributed by atoms with E-state index >= 15 is 0 Å². The second-order valence-corrected chi connectivity index (χ2v) is 5.92. The van der Waals surface area contributed by atoms with Gasteiger partial charge in [-0.15, -0.1) is 0 Å². The number of benzene rings is 1. The first-order valence-electron chi connectivity index (χ1n) is 7.72. The average Bonchev–Trinajstić information content (AvgIpc) is 2.94. The van der Waals surface area contributed by atoms with Gasteiger partial charge in [-0.2, -0.15) is 0 Å². The number of aromatic nitrogens is 1. The quantitative estimate of drug-likeness (QED) is 0.874. The number of carbonyl (C=O) groups is 1. The highest BCUT2D eigenvalue weighted by molar-refractivity contribution is 5.78. The maximum atomic E-state index is 13.2. The zero-order valence-corrected chi connectivity index (χ0v) is 13.3. The first-order valence-corrected chi connectivity index (χ1v) is 7.72. The monoisotopic (exact) mass is 334 g/mol. The second kappa shape index (κ2) is 7.11. The SMILES string of the molecule is COCc1cc(C2CN(C(=O)CC(O)c3cccc(F)c3)C2)no1. The van der Waals surface area contributed by atoms with Gasteiger partial charge < -0.3 is 19.3 Å². The van der Waals surface area contributed by atoms with Crippen LogP contribution in [-0.2, 0) is 16.1 Å². The number of aliphatic hydroxyl groups excluding tert-OH is 1. The van der Waals surface area contributed by atoms with Gasteiger partial charge in [0.15, 0.2) is 5.76 Å². The van der Waals surface area contributed by atoms with Gasteiger partial charge in [0.25, 0.3) is 0 Å². The number of likely N-dealkylation sites (tertiary alicyclic amines) is 1. The Kier molecular flexibility index (Phi) is 4.92. The molecule has 6 nitrogen and oxygen atoms in total. The van der Waals surface area contributed by atoms with Crippen LogP contribution in [0.2, 0.25) is 0 Å². The lowest BCUT2D eigenvalue weighted by Gasteiger charge is -2.38.